The van der Waals surface area contributed by atoms with Gasteiger partial charge >= 0.3 is 0 Å². The number of aryl methyl sites for hydroxylation is 2. The number of halogens is 1. The maximum atomic E-state index is 13.8. The van der Waals surface area contributed by atoms with Crippen LogP contribution in [0.5, 0.6) is 0 Å². The van der Waals surface area contributed by atoms with Gasteiger partial charge in [0, 0.05) is 0 Å². The second-order valence-electron chi connectivity index (χ2n) is 5.01. The number of hydrogen-bond donors (Lipinski definition) is 1. The Labute approximate surface area is 132 Å². The summed E-state index contributed by atoms with van der Waals surface area (Å²) in [5, 5.41) is 6.60. The van der Waals surface area contributed by atoms with Crippen molar-refractivity contribution in [2.75, 3.05) is 5.32 Å². The van der Waals surface area contributed by atoms with Gasteiger partial charge in [0.2, 0.25) is 0 Å². The van der Waals surface area contributed by atoms with Crippen LogP contribution in [-0.2, 0) is 6.42 Å². The molecular weight excluding hydrogens is 299 g/mol. The summed E-state index contributed by atoms with van der Waals surface area (Å²) in [6.45, 7) is 3.63. The van der Waals surface area contributed by atoms with Gasteiger partial charge in [0.25, 0.3) is 5.91 Å². The van der Waals surface area contributed by atoms with Gasteiger partial charge in [0.05, 0.1) is 5.56 Å². The lowest BCUT2D eigenvalue weighted by atomic mass is 10.1. The minimum atomic E-state index is -0.436. The highest BCUT2D eigenvalue weighted by atomic mass is 19.1. The van der Waals surface area contributed by atoms with Crippen LogP contribution < -0.4 is 5.32 Å². The number of carbonyl (C=O) groups is 1. The third-order valence-corrected chi connectivity index (χ3v) is 3.48. The van der Waals surface area contributed by atoms with Crippen molar-refractivity contribution in [3.05, 3.63) is 59.4 Å². The van der Waals surface area contributed by atoms with Gasteiger partial charge in [-0.15, -0.1) is 0 Å². The summed E-state index contributed by atoms with van der Waals surface area (Å²) in [6.07, 6.45) is 0.631. The van der Waals surface area contributed by atoms with Crippen LogP contribution in [-0.4, -0.2) is 11.1 Å². The van der Waals surface area contributed by atoms with Gasteiger partial charge in [-0.2, -0.15) is 0 Å². The van der Waals surface area contributed by atoms with Crippen molar-refractivity contribution in [3.63, 3.8) is 0 Å². The van der Waals surface area contributed by atoms with E-state index < -0.39 is 11.7 Å². The Bertz CT molecular complexity index is 851. The summed E-state index contributed by atoms with van der Waals surface area (Å²) in [5.74, 6) is 0.0681. The van der Waals surface area contributed by atoms with Crippen LogP contribution in [0.15, 0.2) is 45.3 Å². The highest BCUT2D eigenvalue weighted by molar-refractivity contribution is 6.03. The van der Waals surface area contributed by atoms with Crippen LogP contribution in [0.1, 0.15) is 28.9 Å². The first-order chi connectivity index (χ1) is 11.1. The molecule has 1 amide bonds. The first-order valence-electron chi connectivity index (χ1n) is 7.21. The second kappa shape index (κ2) is 6.08. The number of rotatable bonds is 4. The Balaban J connectivity index is 1.84. The van der Waals surface area contributed by atoms with Gasteiger partial charge in [0.1, 0.15) is 23.0 Å². The lowest BCUT2D eigenvalue weighted by molar-refractivity contribution is 0.0997. The summed E-state index contributed by atoms with van der Waals surface area (Å²) < 4.78 is 24.3. The first-order valence-corrected chi connectivity index (χ1v) is 7.21. The zero-order valence-corrected chi connectivity index (χ0v) is 12.7. The third-order valence-electron chi connectivity index (χ3n) is 3.48. The quantitative estimate of drug-likeness (QED) is 0.783. The van der Waals surface area contributed by atoms with E-state index in [0.717, 1.165) is 0 Å². The molecule has 0 aliphatic heterocycles. The van der Waals surface area contributed by atoms with E-state index in [-0.39, 0.29) is 5.76 Å². The fourth-order valence-corrected chi connectivity index (χ4v) is 2.26. The lowest BCUT2D eigenvalue weighted by Crippen LogP contribution is -2.12. The van der Waals surface area contributed by atoms with Gasteiger partial charge in [0.15, 0.2) is 11.5 Å². The van der Waals surface area contributed by atoms with Crippen molar-refractivity contribution >= 4 is 11.6 Å². The highest BCUT2D eigenvalue weighted by Crippen LogP contribution is 2.26. The van der Waals surface area contributed by atoms with E-state index in [9.17, 15) is 9.18 Å². The zero-order chi connectivity index (χ0) is 16.4. The normalized spacial score (nSPS) is 10.7. The average Bonchev–Trinajstić information content (AvgIpc) is 3.16. The molecule has 6 heteroatoms. The molecule has 1 aromatic carbocycles. The fourth-order valence-electron chi connectivity index (χ4n) is 2.26. The molecule has 0 aliphatic carbocycles. The van der Waals surface area contributed by atoms with Gasteiger partial charge in [-0.25, -0.2) is 4.39 Å². The van der Waals surface area contributed by atoms with Crippen LogP contribution in [0.25, 0.3) is 11.3 Å². The summed E-state index contributed by atoms with van der Waals surface area (Å²) in [5.41, 5.74) is 1.51. The minimum absolute atomic E-state index is 0.0888. The molecule has 0 fully saturated rings. The number of benzene rings is 1. The lowest BCUT2D eigenvalue weighted by Gasteiger charge is -2.03. The Morgan fingerprint density at radius 2 is 2.04 bits per heavy atom. The van der Waals surface area contributed by atoms with Crippen LogP contribution in [0.3, 0.4) is 0 Å². The highest BCUT2D eigenvalue weighted by Gasteiger charge is 2.18. The molecule has 0 bridgehead atoms. The molecule has 23 heavy (non-hydrogen) atoms. The smallest absolute Gasteiger partial charge is 0.291 e. The van der Waals surface area contributed by atoms with Crippen molar-refractivity contribution < 1.29 is 18.1 Å². The number of nitrogens with one attached hydrogen (secondary N) is 1. The summed E-state index contributed by atoms with van der Waals surface area (Å²) >= 11 is 0. The molecule has 0 radical (unpaired) electrons. The Morgan fingerprint density at radius 3 is 2.78 bits per heavy atom. The second-order valence-corrected chi connectivity index (χ2v) is 5.01. The van der Waals surface area contributed by atoms with E-state index in [1.807, 2.05) is 6.92 Å². The summed E-state index contributed by atoms with van der Waals surface area (Å²) in [7, 11) is 0. The van der Waals surface area contributed by atoms with Crippen LogP contribution in [0.4, 0.5) is 10.1 Å². The van der Waals surface area contributed by atoms with Gasteiger partial charge in [-0.1, -0.05) is 24.2 Å². The van der Waals surface area contributed by atoms with Crippen molar-refractivity contribution in [3.8, 4) is 11.3 Å². The molecule has 3 aromatic rings. The molecule has 0 spiro atoms. The van der Waals surface area contributed by atoms with Gasteiger partial charge in [-0.05, 0) is 37.6 Å². The molecule has 0 saturated heterocycles. The number of anilines is 1. The third kappa shape index (κ3) is 2.88. The Morgan fingerprint density at radius 1 is 1.26 bits per heavy atom. The fraction of sp³-hybridized carbons (Fsp3) is 0.176. The van der Waals surface area contributed by atoms with Crippen LogP contribution in [0.2, 0.25) is 0 Å². The summed E-state index contributed by atoms with van der Waals surface area (Å²) in [4.78, 5) is 12.3. The van der Waals surface area contributed by atoms with E-state index in [0.29, 0.717) is 34.9 Å². The molecule has 0 atom stereocenters. The Hall–Kier alpha value is -2.89. The summed E-state index contributed by atoms with van der Waals surface area (Å²) in [6, 6.07) is 9.30. The topological polar surface area (TPSA) is 68.3 Å². The minimum Gasteiger partial charge on any atom is -0.451 e. The molecule has 0 unspecified atom stereocenters. The molecule has 0 aliphatic rings. The molecule has 2 aromatic heterocycles. The molecule has 3 rings (SSSR count). The van der Waals surface area contributed by atoms with Crippen molar-refractivity contribution in [1.29, 1.82) is 0 Å². The van der Waals surface area contributed by atoms with Crippen LogP contribution >= 0.6 is 0 Å². The molecule has 2 heterocycles. The van der Waals surface area contributed by atoms with Crippen LogP contribution in [0, 0.1) is 12.7 Å². The van der Waals surface area contributed by atoms with Gasteiger partial charge in [-0.3, -0.25) is 4.79 Å². The standard InChI is InChI=1S/C17H15FN2O3/c1-3-13-16(10(2)23-20-13)19-17(21)15-9-8-14(22-15)11-6-4-5-7-12(11)18/h4-9H,3H2,1-2H3,(H,19,21). The molecule has 1 N–H and O–H groups in total. The molecule has 0 saturated carbocycles. The van der Waals surface area contributed by atoms with Gasteiger partial charge < -0.3 is 14.3 Å². The van der Waals surface area contributed by atoms with E-state index in [1.165, 1.54) is 12.1 Å². The first kappa shape index (κ1) is 15.0. The predicted molar refractivity (Wildman–Crippen MR) is 82.7 cm³/mol. The monoisotopic (exact) mass is 314 g/mol. The largest absolute Gasteiger partial charge is 0.451 e. The van der Waals surface area contributed by atoms with Crippen molar-refractivity contribution in [2.24, 2.45) is 0 Å². The van der Waals surface area contributed by atoms with Crippen molar-refractivity contribution in [1.82, 2.24) is 5.16 Å². The average molecular weight is 314 g/mol. The van der Waals surface area contributed by atoms with E-state index in [2.05, 4.69) is 10.5 Å². The van der Waals surface area contributed by atoms with E-state index in [1.54, 1.807) is 31.2 Å². The number of amides is 1. The number of carbonyl (C=O) groups excluding carboxylic acids is 1. The number of furan rings is 1. The zero-order valence-electron chi connectivity index (χ0n) is 12.7. The number of aromatic nitrogens is 1. The Kier molecular flexibility index (Phi) is 3.97. The number of nitrogens with zero attached hydrogens (tertiary/aromatic N) is 1. The number of hydrogen-bond acceptors (Lipinski definition) is 4. The van der Waals surface area contributed by atoms with Crippen molar-refractivity contribution in [2.45, 2.75) is 20.3 Å². The molecule has 118 valence electrons. The SMILES string of the molecule is CCc1noc(C)c1NC(=O)c1ccc(-c2ccccc2F)o1. The molecular formula is C17H15FN2O3. The molecule has 5 nitrogen and oxygen atoms in total. The van der Waals surface area contributed by atoms with E-state index >= 15 is 0 Å². The predicted octanol–water partition coefficient (Wildman–Crippen LogP) is 4.20. The van der Waals surface area contributed by atoms with E-state index in [4.69, 9.17) is 8.94 Å². The maximum Gasteiger partial charge on any atom is 0.291 e. The maximum absolute atomic E-state index is 13.8.